The Morgan fingerprint density at radius 1 is 1.37 bits per heavy atom. The predicted molar refractivity (Wildman–Crippen MR) is 75.1 cm³/mol. The summed E-state index contributed by atoms with van der Waals surface area (Å²) >= 11 is 0. The number of allylic oxidation sites excluding steroid dienone is 1. The van der Waals surface area contributed by atoms with Crippen LogP contribution in [0.25, 0.3) is 0 Å². The Kier molecular flexibility index (Phi) is 4.74. The highest BCUT2D eigenvalue weighted by Gasteiger charge is 2.36. The third kappa shape index (κ3) is 4.06. The van der Waals surface area contributed by atoms with Gasteiger partial charge in [0.25, 0.3) is 5.91 Å². The van der Waals surface area contributed by atoms with E-state index in [0.717, 1.165) is 13.0 Å². The topological polar surface area (TPSA) is 75.4 Å². The summed E-state index contributed by atoms with van der Waals surface area (Å²) in [4.78, 5) is 25.7. The zero-order valence-electron chi connectivity index (χ0n) is 12.5. The molecule has 1 heterocycles. The average molecular weight is 267 g/mol. The third-order valence-electron chi connectivity index (χ3n) is 3.43. The van der Waals surface area contributed by atoms with Gasteiger partial charge in [-0.3, -0.25) is 19.8 Å². The van der Waals surface area contributed by atoms with Gasteiger partial charge in [0, 0.05) is 29.8 Å². The van der Waals surface area contributed by atoms with E-state index in [2.05, 4.69) is 10.2 Å². The lowest BCUT2D eigenvalue weighted by atomic mass is 9.92. The van der Waals surface area contributed by atoms with Gasteiger partial charge in [-0.2, -0.15) is 0 Å². The van der Waals surface area contributed by atoms with E-state index in [9.17, 15) is 9.59 Å². The molecule has 108 valence electrons. The van der Waals surface area contributed by atoms with Gasteiger partial charge >= 0.3 is 0 Å². The third-order valence-corrected chi connectivity index (χ3v) is 3.43. The molecule has 0 aromatic rings. The van der Waals surface area contributed by atoms with Crippen molar-refractivity contribution in [2.75, 3.05) is 6.54 Å². The first-order valence-corrected chi connectivity index (χ1v) is 6.71. The minimum Gasteiger partial charge on any atom is -0.401 e. The van der Waals surface area contributed by atoms with E-state index in [0.29, 0.717) is 11.7 Å². The molecule has 0 aromatic carbocycles. The van der Waals surface area contributed by atoms with Gasteiger partial charge < -0.3 is 5.73 Å². The minimum absolute atomic E-state index is 0.187. The summed E-state index contributed by atoms with van der Waals surface area (Å²) in [6.45, 7) is 10.7. The van der Waals surface area contributed by atoms with Crippen LogP contribution in [0, 0.1) is 5.41 Å². The van der Waals surface area contributed by atoms with Gasteiger partial charge in [0.05, 0.1) is 6.04 Å². The van der Waals surface area contributed by atoms with E-state index in [-0.39, 0.29) is 17.4 Å². The number of hydrogen-bond donors (Lipinski definition) is 2. The van der Waals surface area contributed by atoms with Crippen LogP contribution in [0.2, 0.25) is 0 Å². The Bertz CT molecular complexity index is 394. The van der Waals surface area contributed by atoms with Gasteiger partial charge in [-0.05, 0) is 20.3 Å². The Morgan fingerprint density at radius 2 is 1.95 bits per heavy atom. The standard InChI is InChI=1S/C14H25N3O2/c1-9(2)17-7-6-10(17)13(19)16-12(18)8-11(15)14(3,4)5/h8-10H,6-7,15H2,1-5H3,(H,16,18,19)/t10-/m0/s1. The van der Waals surface area contributed by atoms with Crippen molar-refractivity contribution in [1.82, 2.24) is 10.2 Å². The summed E-state index contributed by atoms with van der Waals surface area (Å²) in [5, 5.41) is 2.39. The van der Waals surface area contributed by atoms with Crippen molar-refractivity contribution in [1.29, 1.82) is 0 Å². The fourth-order valence-electron chi connectivity index (χ4n) is 1.91. The highest BCUT2D eigenvalue weighted by Crippen LogP contribution is 2.21. The van der Waals surface area contributed by atoms with Crippen molar-refractivity contribution in [2.45, 2.75) is 53.1 Å². The Labute approximate surface area is 115 Å². The van der Waals surface area contributed by atoms with E-state index < -0.39 is 5.91 Å². The molecular weight excluding hydrogens is 242 g/mol. The lowest BCUT2D eigenvalue weighted by Gasteiger charge is -2.42. The normalized spacial score (nSPS) is 21.2. The largest absolute Gasteiger partial charge is 0.401 e. The Balaban J connectivity index is 2.56. The van der Waals surface area contributed by atoms with E-state index in [1.807, 2.05) is 34.6 Å². The molecule has 5 nitrogen and oxygen atoms in total. The van der Waals surface area contributed by atoms with Gasteiger partial charge in [-0.1, -0.05) is 20.8 Å². The van der Waals surface area contributed by atoms with E-state index >= 15 is 0 Å². The van der Waals surface area contributed by atoms with Crippen LogP contribution in [-0.2, 0) is 9.59 Å². The predicted octanol–water partition coefficient (Wildman–Crippen LogP) is 1.00. The number of nitrogens with zero attached hydrogens (tertiary/aromatic N) is 1. The molecule has 1 aliphatic rings. The summed E-state index contributed by atoms with van der Waals surface area (Å²) in [7, 11) is 0. The van der Waals surface area contributed by atoms with E-state index in [4.69, 9.17) is 5.73 Å². The van der Waals surface area contributed by atoms with Crippen molar-refractivity contribution in [2.24, 2.45) is 11.1 Å². The first-order chi connectivity index (χ1) is 8.62. The second-order valence-electron chi connectivity index (χ2n) is 6.34. The van der Waals surface area contributed by atoms with Crippen molar-refractivity contribution in [3.63, 3.8) is 0 Å². The molecule has 1 saturated heterocycles. The Hall–Kier alpha value is -1.36. The zero-order chi connectivity index (χ0) is 14.8. The lowest BCUT2D eigenvalue weighted by Crippen LogP contribution is -2.59. The number of rotatable bonds is 3. The minimum atomic E-state index is -0.437. The summed E-state index contributed by atoms with van der Waals surface area (Å²) in [5.74, 6) is -0.670. The van der Waals surface area contributed by atoms with Crippen molar-refractivity contribution >= 4 is 11.8 Å². The molecule has 1 atom stereocenters. The molecule has 0 unspecified atom stereocenters. The molecule has 3 N–H and O–H groups in total. The molecule has 0 aliphatic carbocycles. The number of nitrogens with two attached hydrogens (primary N) is 1. The highest BCUT2D eigenvalue weighted by molar-refractivity contribution is 6.03. The van der Waals surface area contributed by atoms with Gasteiger partial charge in [-0.15, -0.1) is 0 Å². The fourth-order valence-corrected chi connectivity index (χ4v) is 1.91. The van der Waals surface area contributed by atoms with Gasteiger partial charge in [0.2, 0.25) is 5.91 Å². The first-order valence-electron chi connectivity index (χ1n) is 6.71. The van der Waals surface area contributed by atoms with Crippen molar-refractivity contribution in [3.05, 3.63) is 11.8 Å². The number of carbonyl (C=O) groups is 2. The number of likely N-dealkylation sites (tertiary alicyclic amines) is 1. The van der Waals surface area contributed by atoms with Crippen LogP contribution in [0.5, 0.6) is 0 Å². The zero-order valence-corrected chi connectivity index (χ0v) is 12.5. The highest BCUT2D eigenvalue weighted by atomic mass is 16.2. The molecule has 0 radical (unpaired) electrons. The van der Waals surface area contributed by atoms with E-state index in [1.54, 1.807) is 0 Å². The smallest absolute Gasteiger partial charge is 0.252 e. The van der Waals surface area contributed by atoms with Crippen LogP contribution < -0.4 is 11.1 Å². The molecule has 0 aromatic heterocycles. The lowest BCUT2D eigenvalue weighted by molar-refractivity contribution is -0.136. The van der Waals surface area contributed by atoms with Gasteiger partial charge in [0.15, 0.2) is 0 Å². The van der Waals surface area contributed by atoms with Crippen LogP contribution in [-0.4, -0.2) is 35.3 Å². The molecule has 5 heteroatoms. The second kappa shape index (κ2) is 5.74. The molecule has 1 fully saturated rings. The number of imide groups is 1. The second-order valence-corrected chi connectivity index (χ2v) is 6.34. The first kappa shape index (κ1) is 15.7. The number of nitrogens with one attached hydrogen (secondary N) is 1. The quantitative estimate of drug-likeness (QED) is 0.748. The maximum atomic E-state index is 11.9. The monoisotopic (exact) mass is 267 g/mol. The van der Waals surface area contributed by atoms with Crippen molar-refractivity contribution < 1.29 is 9.59 Å². The molecular formula is C14H25N3O2. The molecule has 1 aliphatic heterocycles. The van der Waals surface area contributed by atoms with E-state index in [1.165, 1.54) is 6.08 Å². The molecule has 0 saturated carbocycles. The van der Waals surface area contributed by atoms with Gasteiger partial charge in [-0.25, -0.2) is 0 Å². The summed E-state index contributed by atoms with van der Waals surface area (Å²) in [6, 6.07) is 0.128. The SMILES string of the molecule is CC(C)N1CC[C@H]1C(=O)NC(=O)C=C(N)C(C)(C)C. The number of amides is 2. The van der Waals surface area contributed by atoms with Crippen LogP contribution in [0.15, 0.2) is 11.8 Å². The molecule has 1 rings (SSSR count). The molecule has 2 amide bonds. The van der Waals surface area contributed by atoms with Gasteiger partial charge in [0.1, 0.15) is 0 Å². The molecule has 0 bridgehead atoms. The number of carbonyl (C=O) groups excluding carboxylic acids is 2. The maximum Gasteiger partial charge on any atom is 0.252 e. The van der Waals surface area contributed by atoms with Crippen LogP contribution >= 0.6 is 0 Å². The fraction of sp³-hybridized carbons (Fsp3) is 0.714. The summed E-state index contributed by atoms with van der Waals surface area (Å²) in [6.07, 6.45) is 2.10. The molecule has 19 heavy (non-hydrogen) atoms. The summed E-state index contributed by atoms with van der Waals surface area (Å²) in [5.41, 5.74) is 5.99. The Morgan fingerprint density at radius 3 is 2.32 bits per heavy atom. The maximum absolute atomic E-state index is 11.9. The summed E-state index contributed by atoms with van der Waals surface area (Å²) < 4.78 is 0. The average Bonchev–Trinajstić information content (AvgIpc) is 2.11. The molecule has 0 spiro atoms. The van der Waals surface area contributed by atoms with Crippen molar-refractivity contribution in [3.8, 4) is 0 Å². The van der Waals surface area contributed by atoms with Crippen LogP contribution in [0.3, 0.4) is 0 Å². The van der Waals surface area contributed by atoms with Crippen LogP contribution in [0.1, 0.15) is 41.0 Å². The number of hydrogen-bond acceptors (Lipinski definition) is 4. The van der Waals surface area contributed by atoms with Crippen LogP contribution in [0.4, 0.5) is 0 Å².